The highest BCUT2D eigenvalue weighted by atomic mass is 14.9. The number of aromatic nitrogens is 2. The summed E-state index contributed by atoms with van der Waals surface area (Å²) in [5, 5.41) is 8.31. The number of benzene rings is 10. The molecular formula is C56H36N2. The molecule has 1 aromatic heterocycles. The van der Waals surface area contributed by atoms with E-state index in [2.05, 4.69) is 218 Å². The quantitative estimate of drug-likeness (QED) is 0.159. The Hall–Kier alpha value is -7.68. The number of rotatable bonds is 6. The smallest absolute Gasteiger partial charge is 0.160 e. The summed E-state index contributed by atoms with van der Waals surface area (Å²) in [6.45, 7) is 0. The molecule has 0 saturated carbocycles. The van der Waals surface area contributed by atoms with Crippen LogP contribution >= 0.6 is 0 Å². The van der Waals surface area contributed by atoms with Crippen molar-refractivity contribution in [1.29, 1.82) is 0 Å². The van der Waals surface area contributed by atoms with Gasteiger partial charge in [-0.15, -0.1) is 0 Å². The zero-order valence-electron chi connectivity index (χ0n) is 31.7. The Morgan fingerprint density at radius 2 is 0.638 bits per heavy atom. The lowest BCUT2D eigenvalue weighted by atomic mass is 9.96. The van der Waals surface area contributed by atoms with Crippen molar-refractivity contribution in [3.63, 3.8) is 0 Å². The van der Waals surface area contributed by atoms with Gasteiger partial charge in [0.05, 0.1) is 11.2 Å². The second kappa shape index (κ2) is 14.1. The van der Waals surface area contributed by atoms with Crippen LogP contribution in [0.3, 0.4) is 0 Å². The largest absolute Gasteiger partial charge is 0.227 e. The summed E-state index contributed by atoms with van der Waals surface area (Å²) < 4.78 is 0. The van der Waals surface area contributed by atoms with Gasteiger partial charge in [0.15, 0.2) is 5.82 Å². The van der Waals surface area contributed by atoms with E-state index < -0.39 is 0 Å². The van der Waals surface area contributed by atoms with Crippen LogP contribution in [-0.2, 0) is 0 Å². The first-order valence-corrected chi connectivity index (χ1v) is 19.8. The number of hydrogen-bond donors (Lipinski definition) is 0. The van der Waals surface area contributed by atoms with Gasteiger partial charge in [0, 0.05) is 21.9 Å². The fourth-order valence-corrected chi connectivity index (χ4v) is 8.34. The molecule has 2 heteroatoms. The zero-order chi connectivity index (χ0) is 38.4. The summed E-state index contributed by atoms with van der Waals surface area (Å²) in [5.41, 5.74) is 13.3. The molecule has 0 N–H and O–H groups in total. The summed E-state index contributed by atoms with van der Waals surface area (Å²) in [7, 11) is 0. The van der Waals surface area contributed by atoms with Crippen LogP contribution in [0.4, 0.5) is 0 Å². The monoisotopic (exact) mass is 736 g/mol. The van der Waals surface area contributed by atoms with Crippen LogP contribution in [0, 0.1) is 0 Å². The third-order valence-corrected chi connectivity index (χ3v) is 11.4. The van der Waals surface area contributed by atoms with Gasteiger partial charge >= 0.3 is 0 Å². The van der Waals surface area contributed by atoms with Gasteiger partial charge in [-0.3, -0.25) is 0 Å². The van der Waals surface area contributed by atoms with Crippen molar-refractivity contribution < 1.29 is 0 Å². The average molecular weight is 737 g/mol. The first-order valence-electron chi connectivity index (χ1n) is 19.8. The molecule has 1 heterocycles. The molecule has 0 aliphatic rings. The SMILES string of the molecule is c1cc(-c2ccc(-c3ccc4ccccc4c3)cc2)cc(-c2nc(-c3cccc(-c4ccc(-c5ccc6ccccc6c5)cc4)c3)c3ccc4ccccc4c3n2)c1. The lowest BCUT2D eigenvalue weighted by Crippen LogP contribution is -1.96. The molecular weight excluding hydrogens is 701 g/mol. The van der Waals surface area contributed by atoms with Gasteiger partial charge in [0.25, 0.3) is 0 Å². The Morgan fingerprint density at radius 3 is 1.21 bits per heavy atom. The number of nitrogens with zero attached hydrogens (tertiary/aromatic N) is 2. The minimum absolute atomic E-state index is 0.707. The molecule has 0 aliphatic heterocycles. The Morgan fingerprint density at radius 1 is 0.224 bits per heavy atom. The van der Waals surface area contributed by atoms with Crippen molar-refractivity contribution in [2.45, 2.75) is 0 Å². The summed E-state index contributed by atoms with van der Waals surface area (Å²) in [6, 6.07) is 78.3. The minimum Gasteiger partial charge on any atom is -0.227 e. The third kappa shape index (κ3) is 6.18. The van der Waals surface area contributed by atoms with Crippen molar-refractivity contribution in [3.8, 4) is 67.2 Å². The first kappa shape index (κ1) is 33.6. The zero-order valence-corrected chi connectivity index (χ0v) is 31.7. The molecule has 270 valence electrons. The molecule has 58 heavy (non-hydrogen) atoms. The lowest BCUT2D eigenvalue weighted by molar-refractivity contribution is 1.23. The summed E-state index contributed by atoms with van der Waals surface area (Å²) >= 11 is 0. The fourth-order valence-electron chi connectivity index (χ4n) is 8.34. The van der Waals surface area contributed by atoms with Crippen LogP contribution in [0.2, 0.25) is 0 Å². The topological polar surface area (TPSA) is 25.8 Å². The van der Waals surface area contributed by atoms with Crippen LogP contribution in [-0.4, -0.2) is 9.97 Å². The predicted molar refractivity (Wildman–Crippen MR) is 245 cm³/mol. The predicted octanol–water partition coefficient (Wildman–Crippen LogP) is 15.1. The first-order chi connectivity index (χ1) is 28.7. The summed E-state index contributed by atoms with van der Waals surface area (Å²) in [4.78, 5) is 10.7. The Bertz CT molecular complexity index is 3330. The summed E-state index contributed by atoms with van der Waals surface area (Å²) in [6.07, 6.45) is 0. The number of fused-ring (bicyclic) bond motifs is 5. The molecule has 0 spiro atoms. The van der Waals surface area contributed by atoms with Gasteiger partial charge in [0.1, 0.15) is 0 Å². The van der Waals surface area contributed by atoms with Crippen molar-refractivity contribution in [2.24, 2.45) is 0 Å². The Balaban J connectivity index is 0.966. The van der Waals surface area contributed by atoms with E-state index >= 15 is 0 Å². The second-order valence-electron chi connectivity index (χ2n) is 15.0. The van der Waals surface area contributed by atoms with Crippen LogP contribution in [0.1, 0.15) is 0 Å². The molecule has 0 bridgehead atoms. The van der Waals surface area contributed by atoms with E-state index in [1.54, 1.807) is 0 Å². The maximum atomic E-state index is 5.36. The molecule has 0 radical (unpaired) electrons. The van der Waals surface area contributed by atoms with E-state index in [1.807, 2.05) is 0 Å². The van der Waals surface area contributed by atoms with Crippen LogP contribution in [0.25, 0.3) is 110 Å². The molecule has 0 aliphatic carbocycles. The van der Waals surface area contributed by atoms with E-state index in [4.69, 9.17) is 9.97 Å². The van der Waals surface area contributed by atoms with Gasteiger partial charge in [-0.25, -0.2) is 9.97 Å². The van der Waals surface area contributed by atoms with E-state index in [-0.39, 0.29) is 0 Å². The molecule has 2 nitrogen and oxygen atoms in total. The van der Waals surface area contributed by atoms with E-state index in [9.17, 15) is 0 Å². The van der Waals surface area contributed by atoms with E-state index in [0.29, 0.717) is 5.82 Å². The molecule has 0 fully saturated rings. The third-order valence-electron chi connectivity index (χ3n) is 11.4. The maximum Gasteiger partial charge on any atom is 0.160 e. The van der Waals surface area contributed by atoms with Crippen LogP contribution < -0.4 is 0 Å². The molecule has 11 rings (SSSR count). The average Bonchev–Trinajstić information content (AvgIpc) is 3.31. The molecule has 0 amide bonds. The van der Waals surface area contributed by atoms with Gasteiger partial charge in [0.2, 0.25) is 0 Å². The van der Waals surface area contributed by atoms with Gasteiger partial charge in [-0.2, -0.15) is 0 Å². The fraction of sp³-hybridized carbons (Fsp3) is 0. The van der Waals surface area contributed by atoms with E-state index in [0.717, 1.165) is 60.8 Å². The van der Waals surface area contributed by atoms with Crippen molar-refractivity contribution in [2.75, 3.05) is 0 Å². The highest BCUT2D eigenvalue weighted by Crippen LogP contribution is 2.37. The van der Waals surface area contributed by atoms with E-state index in [1.165, 1.54) is 43.8 Å². The van der Waals surface area contributed by atoms with Gasteiger partial charge in [-0.05, 0) is 102 Å². The van der Waals surface area contributed by atoms with Crippen LogP contribution in [0.5, 0.6) is 0 Å². The number of hydrogen-bond acceptors (Lipinski definition) is 2. The standard InChI is InChI=1S/C56H36N2/c1-3-12-44-33-48(29-27-37(44)9-1)41-23-19-39(20-24-41)46-14-7-16-50(35-46)54-53-32-31-43-11-5-6-18-52(43)55(53)58-56(57-54)51-17-8-15-47(36-51)40-21-25-42(26-22-40)49-30-28-38-10-2-4-13-45(38)34-49/h1-36H. The normalized spacial score (nSPS) is 11.4. The van der Waals surface area contributed by atoms with Gasteiger partial charge < -0.3 is 0 Å². The summed E-state index contributed by atoms with van der Waals surface area (Å²) in [5.74, 6) is 0.707. The Labute approximate surface area is 337 Å². The van der Waals surface area contributed by atoms with Crippen molar-refractivity contribution in [3.05, 3.63) is 218 Å². The highest BCUT2D eigenvalue weighted by molar-refractivity contribution is 6.10. The molecule has 0 atom stereocenters. The highest BCUT2D eigenvalue weighted by Gasteiger charge is 2.16. The Kier molecular flexibility index (Phi) is 8.19. The van der Waals surface area contributed by atoms with Crippen molar-refractivity contribution >= 4 is 43.2 Å². The molecule has 0 saturated heterocycles. The van der Waals surface area contributed by atoms with Crippen LogP contribution in [0.15, 0.2) is 218 Å². The molecule has 0 unspecified atom stereocenters. The molecule has 10 aromatic carbocycles. The lowest BCUT2D eigenvalue weighted by Gasteiger charge is -2.13. The van der Waals surface area contributed by atoms with Gasteiger partial charge in [-0.1, -0.05) is 188 Å². The molecule has 11 aromatic rings. The second-order valence-corrected chi connectivity index (χ2v) is 15.0. The maximum absolute atomic E-state index is 5.36. The minimum atomic E-state index is 0.707. The van der Waals surface area contributed by atoms with Crippen molar-refractivity contribution in [1.82, 2.24) is 9.97 Å².